The molecule has 0 aliphatic carbocycles. The van der Waals surface area contributed by atoms with Crippen molar-refractivity contribution in [2.45, 2.75) is 89.4 Å². The van der Waals surface area contributed by atoms with Crippen LogP contribution in [0.25, 0.3) is 0 Å². The average Bonchev–Trinajstić information content (AvgIpc) is 3.46. The molecule has 43 heavy (non-hydrogen) atoms. The lowest BCUT2D eigenvalue weighted by Gasteiger charge is -2.29. The Labute approximate surface area is 254 Å². The van der Waals surface area contributed by atoms with Gasteiger partial charge in [0.2, 0.25) is 17.7 Å². The number of hydrogen-bond acceptors (Lipinski definition) is 7. The number of benzene rings is 1. The Bertz CT molecular complexity index is 1120. The van der Waals surface area contributed by atoms with Crippen LogP contribution in [-0.4, -0.2) is 78.3 Å². The normalized spacial score (nSPS) is 16.4. The topological polar surface area (TPSA) is 219 Å². The Morgan fingerprint density at radius 1 is 1.00 bits per heavy atom. The van der Waals surface area contributed by atoms with E-state index in [4.69, 9.17) is 16.9 Å². The number of guanidine groups is 1. The summed E-state index contributed by atoms with van der Waals surface area (Å²) in [5.41, 5.74) is 11.4. The number of carbonyl (C=O) groups excluding carboxylic acids is 4. The van der Waals surface area contributed by atoms with Crippen LogP contribution in [0.4, 0.5) is 0 Å². The van der Waals surface area contributed by atoms with E-state index in [2.05, 4.69) is 27.3 Å². The highest BCUT2D eigenvalue weighted by molar-refractivity contribution is 5.98. The van der Waals surface area contributed by atoms with Crippen LogP contribution in [0.15, 0.2) is 30.3 Å². The summed E-state index contributed by atoms with van der Waals surface area (Å²) in [5.74, 6) is -1.95. The number of unbranched alkanes of at least 4 members (excludes halogenated alkanes) is 1. The van der Waals surface area contributed by atoms with Crippen LogP contribution in [0.2, 0.25) is 0 Å². The zero-order valence-corrected chi connectivity index (χ0v) is 25.2. The number of nitrogens with zero attached hydrogens (tertiary/aromatic N) is 2. The summed E-state index contributed by atoms with van der Waals surface area (Å²) in [7, 11) is 0. The predicted molar refractivity (Wildman–Crippen MR) is 163 cm³/mol. The maximum atomic E-state index is 13.6. The molecule has 13 nitrogen and oxygen atoms in total. The van der Waals surface area contributed by atoms with Crippen LogP contribution < -0.4 is 32.7 Å². The second-order valence-electron chi connectivity index (χ2n) is 11.2. The number of carbonyl (C=O) groups is 4. The lowest BCUT2D eigenvalue weighted by molar-refractivity contribution is -0.137. The molecular formula is C30H47N9O4. The van der Waals surface area contributed by atoms with Crippen LogP contribution in [0.5, 0.6) is 0 Å². The largest absolute Gasteiger partial charge is 0.370 e. The van der Waals surface area contributed by atoms with Gasteiger partial charge in [-0.1, -0.05) is 32.0 Å². The molecule has 4 atom stereocenters. The fraction of sp³-hybridized carbons (Fsp3) is 0.600. The van der Waals surface area contributed by atoms with Gasteiger partial charge < -0.3 is 37.6 Å². The first kappa shape index (κ1) is 35.0. The van der Waals surface area contributed by atoms with E-state index in [0.29, 0.717) is 70.1 Å². The second kappa shape index (κ2) is 18.4. The Morgan fingerprint density at radius 3 is 2.28 bits per heavy atom. The van der Waals surface area contributed by atoms with Gasteiger partial charge in [-0.3, -0.25) is 24.6 Å². The molecule has 9 N–H and O–H groups in total. The third-order valence-electron chi connectivity index (χ3n) is 7.23. The number of amides is 4. The van der Waals surface area contributed by atoms with Gasteiger partial charge in [0.15, 0.2) is 5.96 Å². The summed E-state index contributed by atoms with van der Waals surface area (Å²) in [5, 5.41) is 28.0. The molecule has 4 unspecified atom stereocenters. The minimum atomic E-state index is -0.964. The molecule has 1 saturated heterocycles. The molecule has 236 valence electrons. The molecule has 0 radical (unpaired) electrons. The van der Waals surface area contributed by atoms with Gasteiger partial charge in [-0.25, -0.2) is 0 Å². The van der Waals surface area contributed by atoms with Crippen molar-refractivity contribution in [2.24, 2.45) is 17.4 Å². The van der Waals surface area contributed by atoms with Gasteiger partial charge >= 0.3 is 0 Å². The van der Waals surface area contributed by atoms with Crippen molar-refractivity contribution in [3.05, 3.63) is 35.9 Å². The number of nitriles is 1. The highest BCUT2D eigenvalue weighted by atomic mass is 16.2. The number of hydrogen-bond donors (Lipinski definition) is 7. The van der Waals surface area contributed by atoms with E-state index in [1.165, 1.54) is 4.90 Å². The van der Waals surface area contributed by atoms with E-state index >= 15 is 0 Å². The lowest BCUT2D eigenvalue weighted by Crippen LogP contribution is -2.57. The summed E-state index contributed by atoms with van der Waals surface area (Å²) in [4.78, 5) is 55.0. The van der Waals surface area contributed by atoms with Crippen molar-refractivity contribution in [3.8, 4) is 6.07 Å². The molecule has 0 spiro atoms. The van der Waals surface area contributed by atoms with Crippen molar-refractivity contribution in [2.75, 3.05) is 19.6 Å². The predicted octanol–water partition coefficient (Wildman–Crippen LogP) is 0.708. The molecule has 1 aliphatic heterocycles. The smallest absolute Gasteiger partial charge is 0.251 e. The van der Waals surface area contributed by atoms with E-state index in [1.54, 1.807) is 30.3 Å². The molecule has 1 fully saturated rings. The Kier molecular flexibility index (Phi) is 15.0. The minimum Gasteiger partial charge on any atom is -0.370 e. The van der Waals surface area contributed by atoms with Crippen molar-refractivity contribution >= 4 is 29.6 Å². The fourth-order valence-electron chi connectivity index (χ4n) is 4.99. The highest BCUT2D eigenvalue weighted by Crippen LogP contribution is 2.19. The average molecular weight is 598 g/mol. The van der Waals surface area contributed by atoms with Gasteiger partial charge in [-0.05, 0) is 76.0 Å². The van der Waals surface area contributed by atoms with Gasteiger partial charge in [-0.15, -0.1) is 0 Å². The van der Waals surface area contributed by atoms with Crippen molar-refractivity contribution in [1.29, 1.82) is 10.7 Å². The van der Waals surface area contributed by atoms with E-state index in [0.717, 1.165) is 0 Å². The van der Waals surface area contributed by atoms with Crippen LogP contribution in [0, 0.1) is 22.7 Å². The molecule has 1 aromatic rings. The number of nitrogens with one attached hydrogen (secondary N) is 5. The number of nitrogens with two attached hydrogens (primary N) is 2. The van der Waals surface area contributed by atoms with Crippen LogP contribution in [-0.2, 0) is 14.4 Å². The van der Waals surface area contributed by atoms with E-state index in [-0.39, 0.29) is 24.2 Å². The third kappa shape index (κ3) is 11.9. The van der Waals surface area contributed by atoms with Gasteiger partial charge in [0.05, 0.1) is 6.07 Å². The van der Waals surface area contributed by atoms with E-state index in [1.807, 2.05) is 13.8 Å². The maximum Gasteiger partial charge on any atom is 0.251 e. The van der Waals surface area contributed by atoms with Gasteiger partial charge in [0, 0.05) is 18.7 Å². The van der Waals surface area contributed by atoms with Crippen LogP contribution in [0.3, 0.4) is 0 Å². The molecular weight excluding hydrogens is 550 g/mol. The lowest BCUT2D eigenvalue weighted by atomic mass is 10.0. The zero-order valence-electron chi connectivity index (χ0n) is 25.2. The molecule has 0 bridgehead atoms. The standard InChI is InChI=1S/C30H47N9O4/c1-20(2)18-25(38-27(41)23(13-6-7-15-31)36-26(40)21-10-4-3-5-11-21)28(42)37-24(14-8-16-35-30(33)34)29(43)39-17-9-12-22(39)19-32/h3-5,10-11,20,22-25H,6-9,12-18,31H2,1-2H3,(H,36,40)(H,37,42)(H,38,41)(H4,33,34,35). The molecule has 1 aliphatic rings. The first-order chi connectivity index (χ1) is 20.6. The van der Waals surface area contributed by atoms with Gasteiger partial charge in [0.25, 0.3) is 5.91 Å². The van der Waals surface area contributed by atoms with Gasteiger partial charge in [0.1, 0.15) is 24.2 Å². The Morgan fingerprint density at radius 2 is 1.65 bits per heavy atom. The first-order valence-electron chi connectivity index (χ1n) is 15.0. The summed E-state index contributed by atoms with van der Waals surface area (Å²) in [6.07, 6.45) is 3.86. The number of likely N-dealkylation sites (tertiary alicyclic amines) is 1. The van der Waals surface area contributed by atoms with E-state index in [9.17, 15) is 24.4 Å². The quantitative estimate of drug-likeness (QED) is 0.0768. The molecule has 0 aromatic heterocycles. The molecule has 13 heteroatoms. The van der Waals surface area contributed by atoms with Crippen molar-refractivity contribution in [3.63, 3.8) is 0 Å². The first-order valence-corrected chi connectivity index (χ1v) is 15.0. The fourth-order valence-corrected chi connectivity index (χ4v) is 4.99. The monoisotopic (exact) mass is 597 g/mol. The molecule has 1 heterocycles. The van der Waals surface area contributed by atoms with Crippen molar-refractivity contribution < 1.29 is 19.2 Å². The van der Waals surface area contributed by atoms with E-state index < -0.39 is 41.9 Å². The summed E-state index contributed by atoms with van der Waals surface area (Å²) in [6.45, 7) is 5.03. The maximum absolute atomic E-state index is 13.6. The van der Waals surface area contributed by atoms with Gasteiger partial charge in [-0.2, -0.15) is 5.26 Å². The number of rotatable bonds is 17. The Balaban J connectivity index is 2.21. The molecule has 2 rings (SSSR count). The highest BCUT2D eigenvalue weighted by Gasteiger charge is 2.35. The van der Waals surface area contributed by atoms with Crippen LogP contribution in [0.1, 0.15) is 75.6 Å². The minimum absolute atomic E-state index is 0.0288. The third-order valence-corrected chi connectivity index (χ3v) is 7.23. The van der Waals surface area contributed by atoms with Crippen molar-refractivity contribution in [1.82, 2.24) is 26.2 Å². The molecule has 0 saturated carbocycles. The molecule has 1 aromatic carbocycles. The summed E-state index contributed by atoms with van der Waals surface area (Å²) in [6, 6.07) is 7.37. The Hall–Kier alpha value is -4.18. The molecule has 4 amide bonds. The summed E-state index contributed by atoms with van der Waals surface area (Å²) < 4.78 is 0. The second-order valence-corrected chi connectivity index (χ2v) is 11.2. The zero-order chi connectivity index (χ0) is 31.8. The van der Waals surface area contributed by atoms with Crippen LogP contribution >= 0.6 is 0 Å². The SMILES string of the molecule is CC(C)CC(NC(=O)C(CCCCN)NC(=O)c1ccccc1)C(=O)NC(CCCNC(=N)N)C(=O)N1CCCC1C#N. The summed E-state index contributed by atoms with van der Waals surface area (Å²) >= 11 is 0.